The van der Waals surface area contributed by atoms with Crippen LogP contribution >= 0.6 is 0 Å². The molecule has 0 heterocycles. The van der Waals surface area contributed by atoms with Crippen LogP contribution in [0.25, 0.3) is 0 Å². The third-order valence-corrected chi connectivity index (χ3v) is 8.36. The van der Waals surface area contributed by atoms with Gasteiger partial charge in [-0.25, -0.2) is 0 Å². The van der Waals surface area contributed by atoms with Gasteiger partial charge in [0.15, 0.2) is 0 Å². The summed E-state index contributed by atoms with van der Waals surface area (Å²) in [5.74, 6) is 0. The molecule has 0 unspecified atom stereocenters. The van der Waals surface area contributed by atoms with Gasteiger partial charge in [-0.1, -0.05) is 146 Å². The SMILES string of the molecule is N#Cc1ccc([C@@H](NC(c2ccccc2)c2ccccc2)[C@H](NC(c2ccccc2)c2ccccc2)c2ccc(C#N)cc2)cc1. The van der Waals surface area contributed by atoms with Crippen molar-refractivity contribution in [3.63, 3.8) is 0 Å². The number of benzene rings is 6. The van der Waals surface area contributed by atoms with Gasteiger partial charge < -0.3 is 0 Å². The van der Waals surface area contributed by atoms with E-state index in [2.05, 4.69) is 120 Å². The molecule has 222 valence electrons. The summed E-state index contributed by atoms with van der Waals surface area (Å²) in [6, 6.07) is 61.4. The molecule has 0 fully saturated rings. The van der Waals surface area contributed by atoms with Crippen molar-refractivity contribution in [1.29, 1.82) is 10.5 Å². The van der Waals surface area contributed by atoms with Crippen molar-refractivity contribution in [3.8, 4) is 12.1 Å². The minimum absolute atomic E-state index is 0.127. The molecule has 6 rings (SSSR count). The van der Waals surface area contributed by atoms with Crippen LogP contribution in [0.15, 0.2) is 170 Å². The predicted octanol–water partition coefficient (Wildman–Crippen LogP) is 8.97. The van der Waals surface area contributed by atoms with E-state index in [4.69, 9.17) is 0 Å². The molecular weight excluding hydrogens is 560 g/mol. The number of hydrogen-bond acceptors (Lipinski definition) is 4. The van der Waals surface area contributed by atoms with Crippen LogP contribution in [0.4, 0.5) is 0 Å². The van der Waals surface area contributed by atoms with Crippen LogP contribution in [0.5, 0.6) is 0 Å². The summed E-state index contributed by atoms with van der Waals surface area (Å²) in [4.78, 5) is 0. The second-order valence-electron chi connectivity index (χ2n) is 11.3. The monoisotopic (exact) mass is 594 g/mol. The smallest absolute Gasteiger partial charge is 0.0991 e. The van der Waals surface area contributed by atoms with Crippen molar-refractivity contribution in [1.82, 2.24) is 10.6 Å². The Morgan fingerprint density at radius 2 is 0.587 bits per heavy atom. The molecule has 0 aliphatic heterocycles. The number of nitrogens with zero attached hydrogens (tertiary/aromatic N) is 2. The second kappa shape index (κ2) is 14.8. The molecular formula is C42H34N4. The van der Waals surface area contributed by atoms with Crippen molar-refractivity contribution in [3.05, 3.63) is 214 Å². The maximum absolute atomic E-state index is 9.61. The Labute approximate surface area is 271 Å². The molecule has 2 atom stereocenters. The van der Waals surface area contributed by atoms with Crippen LogP contribution in [0.1, 0.15) is 68.7 Å². The van der Waals surface area contributed by atoms with E-state index >= 15 is 0 Å². The molecule has 0 saturated heterocycles. The molecule has 2 N–H and O–H groups in total. The zero-order chi connectivity index (χ0) is 31.6. The molecule has 0 bridgehead atoms. The molecule has 0 spiro atoms. The van der Waals surface area contributed by atoms with Gasteiger partial charge >= 0.3 is 0 Å². The molecule has 0 amide bonds. The Morgan fingerprint density at radius 1 is 0.326 bits per heavy atom. The minimum Gasteiger partial charge on any atom is -0.298 e. The molecule has 6 aromatic rings. The van der Waals surface area contributed by atoms with Crippen molar-refractivity contribution >= 4 is 0 Å². The van der Waals surface area contributed by atoms with E-state index in [9.17, 15) is 10.5 Å². The standard InChI is InChI=1S/C42H34N4/c43-29-31-21-25-37(26-22-31)41(45-39(33-13-5-1-6-14-33)34-15-7-2-8-16-34)42(38-27-23-32(30-44)24-28-38)46-40(35-17-9-3-10-18-35)36-19-11-4-12-20-36/h1-28,39-42,45-46H/t41-,42-/m1/s1. The quantitative estimate of drug-likeness (QED) is 0.157. The Morgan fingerprint density at radius 3 is 0.826 bits per heavy atom. The van der Waals surface area contributed by atoms with Gasteiger partial charge in [0, 0.05) is 0 Å². The van der Waals surface area contributed by atoms with Crippen molar-refractivity contribution < 1.29 is 0 Å². The van der Waals surface area contributed by atoms with Crippen molar-refractivity contribution in [2.45, 2.75) is 24.2 Å². The normalized spacial score (nSPS) is 12.3. The lowest BCUT2D eigenvalue weighted by atomic mass is 9.87. The van der Waals surface area contributed by atoms with E-state index in [0.29, 0.717) is 11.1 Å². The van der Waals surface area contributed by atoms with E-state index in [1.165, 1.54) is 0 Å². The molecule has 4 heteroatoms. The van der Waals surface area contributed by atoms with Gasteiger partial charge in [-0.15, -0.1) is 0 Å². The van der Waals surface area contributed by atoms with E-state index in [1.54, 1.807) is 0 Å². The third-order valence-electron chi connectivity index (χ3n) is 8.36. The summed E-state index contributed by atoms with van der Waals surface area (Å²) in [7, 11) is 0. The first-order valence-electron chi connectivity index (χ1n) is 15.5. The van der Waals surface area contributed by atoms with E-state index in [1.807, 2.05) is 72.8 Å². The molecule has 0 aliphatic carbocycles. The van der Waals surface area contributed by atoms with Gasteiger partial charge in [0.2, 0.25) is 0 Å². The van der Waals surface area contributed by atoms with Gasteiger partial charge in [-0.05, 0) is 57.6 Å². The number of hydrogen-bond donors (Lipinski definition) is 2. The molecule has 0 saturated carbocycles. The average molecular weight is 595 g/mol. The lowest BCUT2D eigenvalue weighted by Crippen LogP contribution is -2.39. The van der Waals surface area contributed by atoms with Gasteiger partial charge in [-0.3, -0.25) is 10.6 Å². The van der Waals surface area contributed by atoms with E-state index in [-0.39, 0.29) is 24.2 Å². The lowest BCUT2D eigenvalue weighted by molar-refractivity contribution is 0.346. The van der Waals surface area contributed by atoms with Crippen LogP contribution in [0.2, 0.25) is 0 Å². The zero-order valence-corrected chi connectivity index (χ0v) is 25.4. The van der Waals surface area contributed by atoms with Crippen LogP contribution in [0.3, 0.4) is 0 Å². The average Bonchev–Trinajstić information content (AvgIpc) is 3.14. The summed E-state index contributed by atoms with van der Waals surface area (Å²) in [6.07, 6.45) is 0. The van der Waals surface area contributed by atoms with E-state index < -0.39 is 0 Å². The Balaban J connectivity index is 1.53. The van der Waals surface area contributed by atoms with Crippen LogP contribution in [-0.4, -0.2) is 0 Å². The highest BCUT2D eigenvalue weighted by molar-refractivity contribution is 5.40. The first kappa shape index (κ1) is 30.3. The Kier molecular flexibility index (Phi) is 9.73. The Bertz CT molecular complexity index is 1670. The highest BCUT2D eigenvalue weighted by Crippen LogP contribution is 2.37. The molecule has 6 aromatic carbocycles. The zero-order valence-electron chi connectivity index (χ0n) is 25.4. The van der Waals surface area contributed by atoms with Crippen molar-refractivity contribution in [2.24, 2.45) is 0 Å². The third kappa shape index (κ3) is 7.12. The maximum Gasteiger partial charge on any atom is 0.0991 e. The first-order chi connectivity index (χ1) is 22.7. The number of nitrogens with one attached hydrogen (secondary N) is 2. The highest BCUT2D eigenvalue weighted by atomic mass is 15.1. The number of rotatable bonds is 11. The maximum atomic E-state index is 9.61. The van der Waals surface area contributed by atoms with Gasteiger partial charge in [0.1, 0.15) is 0 Å². The predicted molar refractivity (Wildman–Crippen MR) is 184 cm³/mol. The summed E-state index contributed by atoms with van der Waals surface area (Å²) in [5, 5.41) is 27.4. The first-order valence-corrected chi connectivity index (χ1v) is 15.5. The fourth-order valence-corrected chi connectivity index (χ4v) is 6.01. The molecule has 0 radical (unpaired) electrons. The van der Waals surface area contributed by atoms with E-state index in [0.717, 1.165) is 33.4 Å². The van der Waals surface area contributed by atoms with Gasteiger partial charge in [-0.2, -0.15) is 10.5 Å². The fraction of sp³-hybridized carbons (Fsp3) is 0.0952. The lowest BCUT2D eigenvalue weighted by Gasteiger charge is -2.36. The van der Waals surface area contributed by atoms with Gasteiger partial charge in [0.25, 0.3) is 0 Å². The number of nitriles is 2. The second-order valence-corrected chi connectivity index (χ2v) is 11.3. The topological polar surface area (TPSA) is 71.6 Å². The summed E-state index contributed by atoms with van der Waals surface area (Å²) >= 11 is 0. The minimum atomic E-state index is -0.249. The largest absolute Gasteiger partial charge is 0.298 e. The van der Waals surface area contributed by atoms with Crippen LogP contribution in [0, 0.1) is 22.7 Å². The van der Waals surface area contributed by atoms with Crippen molar-refractivity contribution in [2.75, 3.05) is 0 Å². The molecule has 0 aromatic heterocycles. The molecule has 4 nitrogen and oxygen atoms in total. The molecule has 46 heavy (non-hydrogen) atoms. The highest BCUT2D eigenvalue weighted by Gasteiger charge is 2.31. The Hall–Kier alpha value is -5.78. The van der Waals surface area contributed by atoms with Crippen LogP contribution in [-0.2, 0) is 0 Å². The summed E-state index contributed by atoms with van der Waals surface area (Å²) < 4.78 is 0. The molecule has 0 aliphatic rings. The van der Waals surface area contributed by atoms with Crippen LogP contribution < -0.4 is 10.6 Å². The fourth-order valence-electron chi connectivity index (χ4n) is 6.01. The summed E-state index contributed by atoms with van der Waals surface area (Å²) in [5.41, 5.74) is 7.89. The summed E-state index contributed by atoms with van der Waals surface area (Å²) in [6.45, 7) is 0. The van der Waals surface area contributed by atoms with Gasteiger partial charge in [0.05, 0.1) is 47.4 Å².